The van der Waals surface area contributed by atoms with Crippen LogP contribution in [-0.4, -0.2) is 40.6 Å². The van der Waals surface area contributed by atoms with Crippen molar-refractivity contribution in [1.29, 1.82) is 0 Å². The molecular weight excluding hydrogens is 316 g/mol. The summed E-state index contributed by atoms with van der Waals surface area (Å²) < 4.78 is 5.13. The highest BCUT2D eigenvalue weighted by Gasteiger charge is 2.13. The lowest BCUT2D eigenvalue weighted by molar-refractivity contribution is -0.116. The number of H-pyrrole nitrogens is 1. The number of nitrogens with one attached hydrogen (secondary N) is 2. The van der Waals surface area contributed by atoms with Crippen molar-refractivity contribution in [1.82, 2.24) is 15.1 Å². The topological polar surface area (TPSA) is 74.2 Å². The second-order valence-corrected chi connectivity index (χ2v) is 6.55. The summed E-state index contributed by atoms with van der Waals surface area (Å²) in [7, 11) is 0. The standard InChI is InChI=1S/C19H22N4O2/c24-18(4-3-10-23-8-1-2-9-23)20-19-16-6-5-14(12-17(16)21-22-19)15-7-11-25-13-15/h5-7,11-13H,1-4,8-10H2,(H2,20,21,22,24). The van der Waals surface area contributed by atoms with E-state index in [0.29, 0.717) is 12.2 Å². The van der Waals surface area contributed by atoms with Gasteiger partial charge >= 0.3 is 0 Å². The van der Waals surface area contributed by atoms with Crippen LogP contribution in [0, 0.1) is 0 Å². The first-order valence-electron chi connectivity index (χ1n) is 8.82. The highest BCUT2D eigenvalue weighted by molar-refractivity contribution is 6.00. The normalized spacial score (nSPS) is 15.0. The first-order chi connectivity index (χ1) is 12.3. The lowest BCUT2D eigenvalue weighted by atomic mass is 10.1. The number of anilines is 1. The molecule has 1 amide bonds. The van der Waals surface area contributed by atoms with Gasteiger partial charge in [0.15, 0.2) is 5.82 Å². The van der Waals surface area contributed by atoms with Gasteiger partial charge in [-0.05, 0) is 62.7 Å². The average Bonchev–Trinajstić information content (AvgIpc) is 3.37. The van der Waals surface area contributed by atoms with Crippen LogP contribution in [0.25, 0.3) is 22.0 Å². The van der Waals surface area contributed by atoms with Crippen molar-refractivity contribution in [3.05, 3.63) is 36.8 Å². The molecule has 4 rings (SSSR count). The average molecular weight is 338 g/mol. The molecule has 1 aromatic carbocycles. The highest BCUT2D eigenvalue weighted by Crippen LogP contribution is 2.27. The SMILES string of the molecule is O=C(CCCN1CCCC1)Nc1n[nH]c2cc(-c3ccoc3)ccc12. The van der Waals surface area contributed by atoms with Crippen LogP contribution in [0.1, 0.15) is 25.7 Å². The third-order valence-corrected chi connectivity index (χ3v) is 4.75. The molecule has 0 saturated carbocycles. The Balaban J connectivity index is 1.38. The number of furan rings is 1. The number of nitrogens with zero attached hydrogens (tertiary/aromatic N) is 2. The number of carbonyl (C=O) groups is 1. The van der Waals surface area contributed by atoms with E-state index in [1.807, 2.05) is 24.3 Å². The number of hydrogen-bond acceptors (Lipinski definition) is 4. The smallest absolute Gasteiger partial charge is 0.225 e. The Labute approximate surface area is 146 Å². The van der Waals surface area contributed by atoms with Crippen molar-refractivity contribution in [3.63, 3.8) is 0 Å². The summed E-state index contributed by atoms with van der Waals surface area (Å²) in [6.07, 6.45) is 7.34. The molecule has 130 valence electrons. The fourth-order valence-corrected chi connectivity index (χ4v) is 3.39. The fraction of sp³-hybridized carbons (Fsp3) is 0.368. The van der Waals surface area contributed by atoms with Gasteiger partial charge in [0.2, 0.25) is 5.91 Å². The maximum Gasteiger partial charge on any atom is 0.225 e. The summed E-state index contributed by atoms with van der Waals surface area (Å²) in [5, 5.41) is 11.1. The van der Waals surface area contributed by atoms with Crippen molar-refractivity contribution in [3.8, 4) is 11.1 Å². The second-order valence-electron chi connectivity index (χ2n) is 6.55. The van der Waals surface area contributed by atoms with E-state index in [1.54, 1.807) is 12.5 Å². The molecule has 6 nitrogen and oxygen atoms in total. The minimum Gasteiger partial charge on any atom is -0.472 e. The van der Waals surface area contributed by atoms with Crippen LogP contribution in [0.15, 0.2) is 41.2 Å². The Kier molecular flexibility index (Phi) is 4.52. The van der Waals surface area contributed by atoms with Crippen LogP contribution >= 0.6 is 0 Å². The number of likely N-dealkylation sites (tertiary alicyclic amines) is 1. The molecule has 1 fully saturated rings. The summed E-state index contributed by atoms with van der Waals surface area (Å²) in [6.45, 7) is 3.35. The lowest BCUT2D eigenvalue weighted by Gasteiger charge is -2.13. The van der Waals surface area contributed by atoms with Crippen molar-refractivity contribution in [2.45, 2.75) is 25.7 Å². The third-order valence-electron chi connectivity index (χ3n) is 4.75. The maximum atomic E-state index is 12.2. The Morgan fingerprint density at radius 1 is 1.24 bits per heavy atom. The number of aromatic nitrogens is 2. The highest BCUT2D eigenvalue weighted by atomic mass is 16.3. The van der Waals surface area contributed by atoms with E-state index in [0.717, 1.165) is 35.0 Å². The van der Waals surface area contributed by atoms with Gasteiger partial charge in [0, 0.05) is 17.4 Å². The number of rotatable bonds is 6. The summed E-state index contributed by atoms with van der Waals surface area (Å²) in [5.41, 5.74) is 2.96. The van der Waals surface area contributed by atoms with Gasteiger partial charge in [0.05, 0.1) is 18.0 Å². The van der Waals surface area contributed by atoms with E-state index >= 15 is 0 Å². The summed E-state index contributed by atoms with van der Waals surface area (Å²) in [5.74, 6) is 0.617. The Morgan fingerprint density at radius 3 is 2.92 bits per heavy atom. The van der Waals surface area contributed by atoms with Crippen molar-refractivity contribution in [2.75, 3.05) is 25.0 Å². The van der Waals surface area contributed by atoms with Gasteiger partial charge in [0.1, 0.15) is 0 Å². The molecular formula is C19H22N4O2. The molecule has 0 atom stereocenters. The van der Waals surface area contributed by atoms with E-state index in [4.69, 9.17) is 4.42 Å². The van der Waals surface area contributed by atoms with Gasteiger partial charge < -0.3 is 14.6 Å². The molecule has 1 saturated heterocycles. The minimum atomic E-state index is 0.0199. The molecule has 3 heterocycles. The molecule has 2 aromatic heterocycles. The quantitative estimate of drug-likeness (QED) is 0.720. The molecule has 0 radical (unpaired) electrons. The van der Waals surface area contributed by atoms with Crippen molar-refractivity contribution in [2.24, 2.45) is 0 Å². The van der Waals surface area contributed by atoms with Gasteiger partial charge in [-0.15, -0.1) is 0 Å². The molecule has 1 aliphatic rings. The van der Waals surface area contributed by atoms with Crippen LogP contribution in [0.4, 0.5) is 5.82 Å². The monoisotopic (exact) mass is 338 g/mol. The number of amides is 1. The Morgan fingerprint density at radius 2 is 2.12 bits per heavy atom. The Bertz CT molecular complexity index is 848. The number of carbonyl (C=O) groups excluding carboxylic acids is 1. The fourth-order valence-electron chi connectivity index (χ4n) is 3.39. The predicted octanol–water partition coefficient (Wildman–Crippen LogP) is 3.64. The molecule has 0 bridgehead atoms. The molecule has 25 heavy (non-hydrogen) atoms. The number of hydrogen-bond donors (Lipinski definition) is 2. The second kappa shape index (κ2) is 7.11. The van der Waals surface area contributed by atoms with E-state index in [1.165, 1.54) is 25.9 Å². The molecule has 3 aromatic rings. The molecule has 1 aliphatic heterocycles. The van der Waals surface area contributed by atoms with Gasteiger partial charge in [-0.1, -0.05) is 6.07 Å². The van der Waals surface area contributed by atoms with Crippen LogP contribution < -0.4 is 5.32 Å². The molecule has 2 N–H and O–H groups in total. The lowest BCUT2D eigenvalue weighted by Crippen LogP contribution is -2.22. The zero-order chi connectivity index (χ0) is 17.1. The number of aromatic amines is 1. The molecule has 0 aliphatic carbocycles. The molecule has 0 unspecified atom stereocenters. The molecule has 0 spiro atoms. The van der Waals surface area contributed by atoms with Crippen LogP contribution in [0.5, 0.6) is 0 Å². The zero-order valence-corrected chi connectivity index (χ0v) is 14.1. The summed E-state index contributed by atoms with van der Waals surface area (Å²) in [4.78, 5) is 14.6. The predicted molar refractivity (Wildman–Crippen MR) is 97.3 cm³/mol. The summed E-state index contributed by atoms with van der Waals surface area (Å²) in [6, 6.07) is 7.91. The van der Waals surface area contributed by atoms with Crippen molar-refractivity contribution < 1.29 is 9.21 Å². The van der Waals surface area contributed by atoms with Crippen LogP contribution in [-0.2, 0) is 4.79 Å². The summed E-state index contributed by atoms with van der Waals surface area (Å²) >= 11 is 0. The number of benzene rings is 1. The first-order valence-corrected chi connectivity index (χ1v) is 8.82. The first kappa shape index (κ1) is 15.9. The van der Waals surface area contributed by atoms with E-state index in [-0.39, 0.29) is 5.91 Å². The zero-order valence-electron chi connectivity index (χ0n) is 14.1. The van der Waals surface area contributed by atoms with Gasteiger partial charge in [0.25, 0.3) is 0 Å². The minimum absolute atomic E-state index is 0.0199. The third kappa shape index (κ3) is 3.58. The van der Waals surface area contributed by atoms with Gasteiger partial charge in [-0.25, -0.2) is 0 Å². The largest absolute Gasteiger partial charge is 0.472 e. The van der Waals surface area contributed by atoms with Crippen LogP contribution in [0.2, 0.25) is 0 Å². The number of fused-ring (bicyclic) bond motifs is 1. The molecule has 6 heteroatoms. The van der Waals surface area contributed by atoms with Crippen molar-refractivity contribution >= 4 is 22.6 Å². The van der Waals surface area contributed by atoms with Crippen LogP contribution in [0.3, 0.4) is 0 Å². The van der Waals surface area contributed by atoms with E-state index in [9.17, 15) is 4.79 Å². The van der Waals surface area contributed by atoms with E-state index < -0.39 is 0 Å². The van der Waals surface area contributed by atoms with Gasteiger partial charge in [-0.2, -0.15) is 5.10 Å². The maximum absolute atomic E-state index is 12.2. The Hall–Kier alpha value is -2.60. The van der Waals surface area contributed by atoms with E-state index in [2.05, 4.69) is 20.4 Å². The van der Waals surface area contributed by atoms with Gasteiger partial charge in [-0.3, -0.25) is 9.89 Å².